The van der Waals surface area contributed by atoms with Crippen LogP contribution in [0.1, 0.15) is 26.3 Å². The molecule has 0 spiro atoms. The number of nitrogens with zero attached hydrogens (tertiary/aromatic N) is 1. The van der Waals surface area contributed by atoms with Gasteiger partial charge < -0.3 is 18.9 Å². The summed E-state index contributed by atoms with van der Waals surface area (Å²) in [5, 5.41) is 9.52. The van der Waals surface area contributed by atoms with E-state index in [0.29, 0.717) is 23.9 Å². The molecule has 0 bridgehead atoms. The zero-order valence-corrected chi connectivity index (χ0v) is 18.2. The number of hydrogen-bond acceptors (Lipinski definition) is 7. The Labute approximate surface area is 197 Å². The molecule has 0 radical (unpaired) electrons. The minimum absolute atomic E-state index is 0.000430. The van der Waals surface area contributed by atoms with Crippen LogP contribution in [0.25, 0.3) is 0 Å². The SMILES string of the molecule is C=CCOc1ccc(OC(=O)c2ccc(OC(=O)c3ccccc3OCC=C)c(C#N)c2)cc1. The topological polar surface area (TPSA) is 94.8 Å². The summed E-state index contributed by atoms with van der Waals surface area (Å²) in [5.41, 5.74) is 0.316. The summed E-state index contributed by atoms with van der Waals surface area (Å²) in [6.07, 6.45) is 3.18. The molecule has 0 unspecified atom stereocenters. The minimum Gasteiger partial charge on any atom is -0.490 e. The van der Waals surface area contributed by atoms with Crippen LogP contribution in [0, 0.1) is 11.3 Å². The molecule has 0 saturated carbocycles. The quantitative estimate of drug-likeness (QED) is 0.238. The van der Waals surface area contributed by atoms with Gasteiger partial charge in [0.25, 0.3) is 0 Å². The number of nitriles is 1. The molecule has 3 aromatic rings. The second-order valence-corrected chi connectivity index (χ2v) is 6.77. The van der Waals surface area contributed by atoms with Crippen molar-refractivity contribution in [2.45, 2.75) is 0 Å². The summed E-state index contributed by atoms with van der Waals surface area (Å²) in [7, 11) is 0. The van der Waals surface area contributed by atoms with E-state index in [0.717, 1.165) is 0 Å². The maximum absolute atomic E-state index is 12.7. The van der Waals surface area contributed by atoms with Gasteiger partial charge in [0.1, 0.15) is 47.8 Å². The van der Waals surface area contributed by atoms with Crippen LogP contribution in [0.4, 0.5) is 0 Å². The normalized spacial score (nSPS) is 9.85. The van der Waals surface area contributed by atoms with Crippen molar-refractivity contribution >= 4 is 11.9 Å². The van der Waals surface area contributed by atoms with E-state index in [4.69, 9.17) is 18.9 Å². The van der Waals surface area contributed by atoms with E-state index in [2.05, 4.69) is 13.2 Å². The lowest BCUT2D eigenvalue weighted by atomic mass is 10.1. The highest BCUT2D eigenvalue weighted by molar-refractivity contribution is 5.95. The van der Waals surface area contributed by atoms with Gasteiger partial charge in [0.05, 0.1) is 11.1 Å². The zero-order valence-electron chi connectivity index (χ0n) is 18.2. The van der Waals surface area contributed by atoms with E-state index >= 15 is 0 Å². The van der Waals surface area contributed by atoms with Gasteiger partial charge in [-0.25, -0.2) is 9.59 Å². The van der Waals surface area contributed by atoms with Gasteiger partial charge >= 0.3 is 11.9 Å². The molecule has 0 amide bonds. The second-order valence-electron chi connectivity index (χ2n) is 6.77. The Morgan fingerprint density at radius 1 is 0.794 bits per heavy atom. The third kappa shape index (κ3) is 6.11. The first-order valence-corrected chi connectivity index (χ1v) is 10.2. The molecule has 0 aliphatic carbocycles. The Bertz CT molecular complexity index is 1240. The van der Waals surface area contributed by atoms with Crippen LogP contribution in [0.15, 0.2) is 92.0 Å². The van der Waals surface area contributed by atoms with E-state index in [1.807, 2.05) is 6.07 Å². The van der Waals surface area contributed by atoms with Crippen LogP contribution in [-0.2, 0) is 0 Å². The standard InChI is InChI=1S/C27H21NO6/c1-3-15-31-21-10-12-22(13-11-21)33-26(29)19-9-14-24(20(17-19)18-28)34-27(30)23-7-5-6-8-25(23)32-16-4-2/h3-14,17H,1-2,15-16H2. The predicted molar refractivity (Wildman–Crippen MR) is 125 cm³/mol. The van der Waals surface area contributed by atoms with Crippen molar-refractivity contribution in [3.63, 3.8) is 0 Å². The highest BCUT2D eigenvalue weighted by Crippen LogP contribution is 2.25. The van der Waals surface area contributed by atoms with Gasteiger partial charge in [0, 0.05) is 0 Å². The van der Waals surface area contributed by atoms with Crippen molar-refractivity contribution in [1.29, 1.82) is 5.26 Å². The smallest absolute Gasteiger partial charge is 0.347 e. The number of para-hydroxylation sites is 1. The minimum atomic E-state index is -0.703. The van der Waals surface area contributed by atoms with E-state index < -0.39 is 11.9 Å². The Morgan fingerprint density at radius 2 is 1.47 bits per heavy atom. The van der Waals surface area contributed by atoms with Crippen molar-refractivity contribution in [2.75, 3.05) is 13.2 Å². The maximum Gasteiger partial charge on any atom is 0.347 e. The van der Waals surface area contributed by atoms with Gasteiger partial charge in [-0.3, -0.25) is 0 Å². The maximum atomic E-state index is 12.7. The fourth-order valence-electron chi connectivity index (χ4n) is 2.82. The van der Waals surface area contributed by atoms with Crippen molar-refractivity contribution < 1.29 is 28.5 Å². The Hall–Kier alpha value is -4.83. The molecule has 0 N–H and O–H groups in total. The molecule has 34 heavy (non-hydrogen) atoms. The molecule has 7 heteroatoms. The number of hydrogen-bond donors (Lipinski definition) is 0. The van der Waals surface area contributed by atoms with Crippen LogP contribution in [-0.4, -0.2) is 25.2 Å². The van der Waals surface area contributed by atoms with E-state index in [1.54, 1.807) is 60.7 Å². The van der Waals surface area contributed by atoms with Crippen molar-refractivity contribution in [1.82, 2.24) is 0 Å². The van der Waals surface area contributed by atoms with Gasteiger partial charge in [0.2, 0.25) is 0 Å². The molecule has 3 aromatic carbocycles. The van der Waals surface area contributed by atoms with Gasteiger partial charge in [-0.15, -0.1) is 0 Å². The molecular weight excluding hydrogens is 434 g/mol. The Balaban J connectivity index is 1.72. The highest BCUT2D eigenvalue weighted by Gasteiger charge is 2.18. The molecule has 0 fully saturated rings. The van der Waals surface area contributed by atoms with Crippen LogP contribution < -0.4 is 18.9 Å². The lowest BCUT2D eigenvalue weighted by Gasteiger charge is -2.11. The summed E-state index contributed by atoms with van der Waals surface area (Å²) in [4.78, 5) is 25.2. The zero-order chi connectivity index (χ0) is 24.3. The number of ether oxygens (including phenoxy) is 4. The van der Waals surface area contributed by atoms with Crippen LogP contribution in [0.2, 0.25) is 0 Å². The third-order valence-corrected chi connectivity index (χ3v) is 4.40. The van der Waals surface area contributed by atoms with E-state index in [1.165, 1.54) is 18.2 Å². The average molecular weight is 455 g/mol. The van der Waals surface area contributed by atoms with Crippen molar-refractivity contribution in [3.05, 3.63) is 109 Å². The largest absolute Gasteiger partial charge is 0.490 e. The van der Waals surface area contributed by atoms with Crippen LogP contribution in [0.5, 0.6) is 23.0 Å². The van der Waals surface area contributed by atoms with Crippen molar-refractivity contribution in [2.24, 2.45) is 0 Å². The predicted octanol–water partition coefficient (Wildman–Crippen LogP) is 5.13. The van der Waals surface area contributed by atoms with E-state index in [-0.39, 0.29) is 29.0 Å². The molecule has 170 valence electrons. The second kappa shape index (κ2) is 11.7. The number of rotatable bonds is 10. The summed E-state index contributed by atoms with van der Waals surface area (Å²) in [5.74, 6) is -0.129. The molecule has 0 aliphatic heterocycles. The lowest BCUT2D eigenvalue weighted by Crippen LogP contribution is -2.13. The van der Waals surface area contributed by atoms with Crippen LogP contribution >= 0.6 is 0 Å². The first kappa shape index (κ1) is 23.8. The molecule has 3 rings (SSSR count). The van der Waals surface area contributed by atoms with Gasteiger partial charge in [-0.1, -0.05) is 37.4 Å². The Morgan fingerprint density at radius 3 is 2.18 bits per heavy atom. The molecule has 7 nitrogen and oxygen atoms in total. The number of carbonyl (C=O) groups is 2. The molecule has 0 aromatic heterocycles. The molecular formula is C27H21NO6. The fraction of sp³-hybridized carbons (Fsp3) is 0.0741. The van der Waals surface area contributed by atoms with Gasteiger partial charge in [-0.2, -0.15) is 5.26 Å². The summed E-state index contributed by atoms with van der Waals surface area (Å²) >= 11 is 0. The van der Waals surface area contributed by atoms with Gasteiger partial charge in [-0.05, 0) is 54.6 Å². The average Bonchev–Trinajstić information content (AvgIpc) is 2.87. The number of benzene rings is 3. The molecule has 0 heterocycles. The molecule has 0 saturated heterocycles. The highest BCUT2D eigenvalue weighted by atomic mass is 16.5. The summed E-state index contributed by atoms with van der Waals surface area (Å²) in [6, 6.07) is 19.1. The first-order chi connectivity index (χ1) is 16.5. The lowest BCUT2D eigenvalue weighted by molar-refractivity contribution is 0.0727. The van der Waals surface area contributed by atoms with Crippen LogP contribution in [0.3, 0.4) is 0 Å². The number of esters is 2. The van der Waals surface area contributed by atoms with E-state index in [9.17, 15) is 14.9 Å². The van der Waals surface area contributed by atoms with Gasteiger partial charge in [0.15, 0.2) is 0 Å². The first-order valence-electron chi connectivity index (χ1n) is 10.2. The third-order valence-electron chi connectivity index (χ3n) is 4.40. The number of carbonyl (C=O) groups excluding carboxylic acids is 2. The monoisotopic (exact) mass is 455 g/mol. The molecule has 0 atom stereocenters. The van der Waals surface area contributed by atoms with Crippen molar-refractivity contribution in [3.8, 4) is 29.1 Å². The fourth-order valence-corrected chi connectivity index (χ4v) is 2.82. The Kier molecular flexibility index (Phi) is 8.19. The molecule has 0 aliphatic rings. The summed E-state index contributed by atoms with van der Waals surface area (Å²) in [6.45, 7) is 7.74. The summed E-state index contributed by atoms with van der Waals surface area (Å²) < 4.78 is 21.6.